The molecule has 7 aliphatic rings. The van der Waals surface area contributed by atoms with Crippen LogP contribution in [0.5, 0.6) is 5.75 Å². The Morgan fingerprint density at radius 1 is 0.471 bits per heavy atom. The minimum atomic E-state index is -2.36. The summed E-state index contributed by atoms with van der Waals surface area (Å²) in [5.74, 6) is -1.57. The molecule has 0 aromatic heterocycles. The van der Waals surface area contributed by atoms with Crippen LogP contribution in [-0.2, 0) is 66.3 Å². The molecule has 85 heavy (non-hydrogen) atoms. The second-order valence-electron chi connectivity index (χ2n) is 20.9. The van der Waals surface area contributed by atoms with E-state index in [9.17, 15) is 112 Å². The van der Waals surface area contributed by atoms with Crippen LogP contribution >= 0.6 is 0 Å². The van der Waals surface area contributed by atoms with Gasteiger partial charge in [0.1, 0.15) is 164 Å². The van der Waals surface area contributed by atoms with Crippen LogP contribution in [0.15, 0.2) is 18.2 Å². The van der Waals surface area contributed by atoms with Gasteiger partial charge in [-0.3, -0.25) is 10.1 Å². The molecule has 0 spiro atoms. The summed E-state index contributed by atoms with van der Waals surface area (Å²) >= 11 is 0. The van der Waals surface area contributed by atoms with Crippen LogP contribution in [0.1, 0.15) is 10.4 Å². The lowest BCUT2D eigenvalue weighted by Crippen LogP contribution is -2.68. The van der Waals surface area contributed by atoms with Crippen LogP contribution in [0.3, 0.4) is 0 Å². The molecular weight excluding hydrogens is 1170 g/mol. The van der Waals surface area contributed by atoms with Gasteiger partial charge in [0, 0.05) is 12.1 Å². The van der Waals surface area contributed by atoms with Crippen LogP contribution < -0.4 is 4.74 Å². The molecule has 1 aromatic rings. The number of nitrogens with zero attached hydrogens (tertiary/aromatic N) is 1. The highest BCUT2D eigenvalue weighted by molar-refractivity contribution is 5.93. The first kappa shape index (κ1) is 67.5. The average Bonchev–Trinajstić information content (AvgIpc) is 1.95. The fourth-order valence-electron chi connectivity index (χ4n) is 10.1. The second kappa shape index (κ2) is 29.1. The molecule has 7 saturated heterocycles. The van der Waals surface area contributed by atoms with E-state index in [0.717, 1.165) is 25.3 Å². The molecular formula is C47H71NO37. The van der Waals surface area contributed by atoms with Gasteiger partial charge in [-0.2, -0.15) is 0 Å². The zero-order chi connectivity index (χ0) is 62.0. The molecule has 0 bridgehead atoms. The Balaban J connectivity index is 1.02. The van der Waals surface area contributed by atoms with E-state index in [4.69, 9.17) is 66.3 Å². The van der Waals surface area contributed by atoms with E-state index in [1.807, 2.05) is 0 Å². The van der Waals surface area contributed by atoms with E-state index < -0.39 is 271 Å². The molecule has 1 aromatic carbocycles. The van der Waals surface area contributed by atoms with E-state index in [-0.39, 0.29) is 0 Å². The lowest BCUT2D eigenvalue weighted by Gasteiger charge is -2.49. The number of ether oxygens (including phenoxy) is 15. The predicted molar refractivity (Wildman–Crippen MR) is 257 cm³/mol. The Kier molecular flexibility index (Phi) is 23.1. The highest BCUT2D eigenvalue weighted by Gasteiger charge is 2.57. The van der Waals surface area contributed by atoms with Crippen LogP contribution in [0, 0.1) is 10.1 Å². The van der Waals surface area contributed by atoms with Crippen molar-refractivity contribution in [2.24, 2.45) is 0 Å². The van der Waals surface area contributed by atoms with Crippen LogP contribution in [0.25, 0.3) is 0 Å². The number of rotatable bonds is 20. The number of benzene rings is 1. The molecule has 486 valence electrons. The maximum absolute atomic E-state index is 12.6. The first-order valence-electron chi connectivity index (χ1n) is 26.4. The van der Waals surface area contributed by atoms with E-state index in [1.54, 1.807) is 0 Å². The van der Waals surface area contributed by atoms with E-state index >= 15 is 0 Å². The smallest absolute Gasteiger partial charge is 0.341 e. The number of aliphatic hydroxyl groups excluding tert-OH is 19. The number of esters is 1. The van der Waals surface area contributed by atoms with Gasteiger partial charge in [-0.05, 0) is 6.07 Å². The molecule has 7 fully saturated rings. The molecule has 0 saturated carbocycles. The van der Waals surface area contributed by atoms with Crippen molar-refractivity contribution >= 4 is 11.7 Å². The molecule has 19 N–H and O–H groups in total. The summed E-state index contributed by atoms with van der Waals surface area (Å²) in [5, 5.41) is 217. The van der Waals surface area contributed by atoms with E-state index in [0.29, 0.717) is 0 Å². The fraction of sp³-hybridized carbons (Fsp3) is 0.851. The van der Waals surface area contributed by atoms with Crippen LogP contribution in [0.2, 0.25) is 0 Å². The van der Waals surface area contributed by atoms with Gasteiger partial charge >= 0.3 is 5.97 Å². The number of carbonyl (C=O) groups excluding carboxylic acids is 1. The summed E-state index contributed by atoms with van der Waals surface area (Å²) in [4.78, 5) is 23.2. The van der Waals surface area contributed by atoms with Gasteiger partial charge in [0.2, 0.25) is 6.29 Å². The molecule has 7 heterocycles. The highest BCUT2D eigenvalue weighted by Crippen LogP contribution is 2.37. The Labute approximate surface area is 478 Å². The van der Waals surface area contributed by atoms with E-state index in [2.05, 4.69) is 4.74 Å². The molecule has 0 radical (unpaired) electrons. The number of hydrogen-bond acceptors (Lipinski definition) is 37. The van der Waals surface area contributed by atoms with Crippen molar-refractivity contribution in [2.75, 3.05) is 53.4 Å². The highest BCUT2D eigenvalue weighted by atomic mass is 16.8. The molecule has 0 aliphatic carbocycles. The largest absolute Gasteiger partial charge is 0.465 e. The lowest BCUT2D eigenvalue weighted by atomic mass is 9.95. The second-order valence-corrected chi connectivity index (χ2v) is 20.9. The third-order valence-corrected chi connectivity index (χ3v) is 15.1. The Hall–Kier alpha value is -3.39. The molecule has 32 atom stereocenters. The first-order valence-corrected chi connectivity index (χ1v) is 26.4. The molecule has 8 rings (SSSR count). The number of hydrogen-bond donors (Lipinski definition) is 19. The fourth-order valence-corrected chi connectivity index (χ4v) is 10.1. The van der Waals surface area contributed by atoms with Crippen molar-refractivity contribution in [2.45, 2.75) is 197 Å². The van der Waals surface area contributed by atoms with Gasteiger partial charge in [0.25, 0.3) is 5.69 Å². The third-order valence-electron chi connectivity index (χ3n) is 15.1. The van der Waals surface area contributed by atoms with E-state index in [1.165, 1.54) is 0 Å². The minimum absolute atomic E-state index is 0.450. The van der Waals surface area contributed by atoms with Crippen molar-refractivity contribution in [1.82, 2.24) is 0 Å². The SMILES string of the molecule is COC(=O)c1cc([N+](=O)[O-])ccc1O[C@@H]1O[C@@H](CO)[C@@H](O[C@@H]2OC(CO[C@H]3OC[C@@H](O)[C@H](O)C3O)[C@@H](O[C@@H]3O[C@@H](CO[C@H]4OC[C@@H](O)C(O)C4O)[C@@H](O[C@@H]4OC(CO[C@H]5OC[C@@H](O)[C@H](O)C5O)[C@@H](O)[C@H](O)C4O)C(O)C3O)[C@H](O)C2O)C(O)C1O. The van der Waals surface area contributed by atoms with Gasteiger partial charge in [-0.15, -0.1) is 0 Å². The number of aliphatic hydroxyl groups is 19. The van der Waals surface area contributed by atoms with Gasteiger partial charge in [-0.1, -0.05) is 0 Å². The average molecular weight is 1240 g/mol. The Bertz CT molecular complexity index is 2310. The summed E-state index contributed by atoms with van der Waals surface area (Å²) in [6.07, 6.45) is -62.5. The molecule has 7 aliphatic heterocycles. The third kappa shape index (κ3) is 14.8. The first-order chi connectivity index (χ1) is 40.3. The van der Waals surface area contributed by atoms with Crippen molar-refractivity contribution in [3.63, 3.8) is 0 Å². The number of non-ortho nitro benzene ring substituents is 1. The van der Waals surface area contributed by atoms with Crippen molar-refractivity contribution in [3.8, 4) is 5.75 Å². The zero-order valence-electron chi connectivity index (χ0n) is 44.4. The summed E-state index contributed by atoms with van der Waals surface area (Å²) in [6, 6.07) is 2.68. The van der Waals surface area contributed by atoms with Crippen molar-refractivity contribution in [1.29, 1.82) is 0 Å². The maximum Gasteiger partial charge on any atom is 0.341 e. The van der Waals surface area contributed by atoms with Gasteiger partial charge in [0.15, 0.2) is 37.7 Å². The quantitative estimate of drug-likeness (QED) is 0.0327. The monoisotopic (exact) mass is 1240 g/mol. The summed E-state index contributed by atoms with van der Waals surface area (Å²) in [5.41, 5.74) is -1.08. The molecule has 0 amide bonds. The normalized spacial score (nSPS) is 47.2. The van der Waals surface area contributed by atoms with Crippen molar-refractivity contribution < 1.29 is 178 Å². The zero-order valence-corrected chi connectivity index (χ0v) is 44.4. The number of methoxy groups -OCH3 is 1. The van der Waals surface area contributed by atoms with Crippen LogP contribution in [0.4, 0.5) is 5.69 Å². The molecule has 38 heteroatoms. The van der Waals surface area contributed by atoms with Gasteiger partial charge in [-0.25, -0.2) is 4.79 Å². The Morgan fingerprint density at radius 3 is 1.22 bits per heavy atom. The van der Waals surface area contributed by atoms with Gasteiger partial charge in [0.05, 0.1) is 58.3 Å². The maximum atomic E-state index is 12.6. The lowest BCUT2D eigenvalue weighted by molar-refractivity contribution is -0.393. The summed E-state index contributed by atoms with van der Waals surface area (Å²) in [7, 11) is 0.958. The minimum Gasteiger partial charge on any atom is -0.465 e. The predicted octanol–water partition coefficient (Wildman–Crippen LogP) is -12.6. The topological polar surface area (TPSA) is 583 Å². The standard InChI is InChI=1S/C47H71NO37/c1-71-40(68)13-4-12(48(69)70)2-3-17(13)78-44-34(65)27(58)37(18(5-49)79-44)83-46-35(66)28(59)39(21(81-46)11-77-43-32(63)24(55)16(52)8-74-43)85-47-36(67)29(60)38(20(82-47)10-76-42-31(62)23(54)15(51)7-73-42)84-45-33(64)26(57)25(56)19(80-45)9-75-41-30(61)22(53)14(50)6-72-41/h2-4,14-16,18-39,41-47,49-67H,5-11H2,1H3/t14-,15-,16-,18+,19?,20+,21?,22+,23?,24+,25-,26+,27?,28-,29?,30?,31?,32?,33?,34?,35?,36?,37-,38-,39-,41-,42-,43-,44-,45+,46+,47+/m1/s1. The number of nitro benzene ring substituents is 1. The van der Waals surface area contributed by atoms with Gasteiger partial charge < -0.3 is 168 Å². The summed E-state index contributed by atoms with van der Waals surface area (Å²) < 4.78 is 84.1. The molecule has 12 unspecified atom stereocenters. The molecule has 38 nitrogen and oxygen atoms in total. The van der Waals surface area contributed by atoms with Crippen molar-refractivity contribution in [3.05, 3.63) is 33.9 Å². The van der Waals surface area contributed by atoms with Crippen LogP contribution in [-0.4, -0.2) is 358 Å². The Morgan fingerprint density at radius 2 is 0.824 bits per heavy atom. The number of nitro groups is 1. The number of carbonyl (C=O) groups is 1. The summed E-state index contributed by atoms with van der Waals surface area (Å²) in [6.45, 7) is -5.33.